The number of nitrogens with zero attached hydrogens (tertiary/aromatic N) is 4. The van der Waals surface area contributed by atoms with Crippen LogP contribution in [0.2, 0.25) is 0 Å². The Labute approximate surface area is 235 Å². The van der Waals surface area contributed by atoms with Crippen molar-refractivity contribution in [3.8, 4) is 28.5 Å². The Kier molecular flexibility index (Phi) is 6.49. The second-order valence-corrected chi connectivity index (χ2v) is 11.5. The molecule has 0 amide bonds. The molecule has 1 aliphatic carbocycles. The maximum absolute atomic E-state index is 13.7. The van der Waals surface area contributed by atoms with Gasteiger partial charge in [-0.25, -0.2) is 8.42 Å². The molecule has 3 aromatic heterocycles. The SMILES string of the molecule is COc1cc2c(NS(=O)(=O)c3c(OC)cc(-c4ccn(C)n4)cc3OC)noc2cc1Nc1cc([C@@H]2C[C@H]2C)[nH]n1. The lowest BCUT2D eigenvalue weighted by atomic mass is 10.1. The third kappa shape index (κ3) is 4.90. The summed E-state index contributed by atoms with van der Waals surface area (Å²) in [5.74, 6) is 2.35. The van der Waals surface area contributed by atoms with E-state index in [2.05, 4.69) is 37.4 Å². The number of aromatic amines is 1. The monoisotopic (exact) mass is 579 g/mol. The third-order valence-electron chi connectivity index (χ3n) is 7.13. The van der Waals surface area contributed by atoms with Gasteiger partial charge in [0, 0.05) is 42.6 Å². The molecule has 41 heavy (non-hydrogen) atoms. The Hall–Kier alpha value is -4.72. The highest BCUT2D eigenvalue weighted by atomic mass is 32.2. The zero-order valence-corrected chi connectivity index (χ0v) is 23.9. The van der Waals surface area contributed by atoms with E-state index in [1.807, 2.05) is 6.07 Å². The number of aromatic nitrogens is 5. The number of hydrogen-bond donors (Lipinski definition) is 3. The summed E-state index contributed by atoms with van der Waals surface area (Å²) in [6.45, 7) is 2.20. The normalized spacial score (nSPS) is 16.5. The Balaban J connectivity index is 1.32. The van der Waals surface area contributed by atoms with Crippen molar-refractivity contribution < 1.29 is 27.2 Å². The molecule has 0 radical (unpaired) electrons. The first-order valence-electron chi connectivity index (χ1n) is 12.8. The van der Waals surface area contributed by atoms with E-state index in [0.29, 0.717) is 51.3 Å². The van der Waals surface area contributed by atoms with Crippen LogP contribution in [0.3, 0.4) is 0 Å². The van der Waals surface area contributed by atoms with Crippen molar-refractivity contribution in [1.29, 1.82) is 0 Å². The van der Waals surface area contributed by atoms with Crippen molar-refractivity contribution in [3.05, 3.63) is 48.3 Å². The zero-order chi connectivity index (χ0) is 28.9. The van der Waals surface area contributed by atoms with E-state index >= 15 is 0 Å². The second-order valence-electron chi connectivity index (χ2n) is 9.92. The van der Waals surface area contributed by atoms with Crippen LogP contribution in [0.15, 0.2) is 52.0 Å². The van der Waals surface area contributed by atoms with Gasteiger partial charge >= 0.3 is 0 Å². The van der Waals surface area contributed by atoms with Crippen LogP contribution in [0.4, 0.5) is 17.3 Å². The lowest BCUT2D eigenvalue weighted by Crippen LogP contribution is -2.16. The molecule has 13 nitrogen and oxygen atoms in total. The maximum Gasteiger partial charge on any atom is 0.270 e. The van der Waals surface area contributed by atoms with E-state index in [9.17, 15) is 8.42 Å². The van der Waals surface area contributed by atoms with Crippen molar-refractivity contribution in [2.24, 2.45) is 13.0 Å². The number of anilines is 3. The topological polar surface area (TPSA) is 158 Å². The molecule has 214 valence electrons. The molecule has 1 saturated carbocycles. The Morgan fingerprint density at radius 1 is 1.05 bits per heavy atom. The van der Waals surface area contributed by atoms with Crippen LogP contribution in [0, 0.1) is 5.92 Å². The predicted molar refractivity (Wildman–Crippen MR) is 152 cm³/mol. The van der Waals surface area contributed by atoms with Gasteiger partial charge in [-0.05, 0) is 36.6 Å². The summed E-state index contributed by atoms with van der Waals surface area (Å²) in [5, 5.41) is 19.4. The average molecular weight is 580 g/mol. The van der Waals surface area contributed by atoms with E-state index in [1.165, 1.54) is 21.3 Å². The second kappa shape index (κ2) is 10.0. The number of aryl methyl sites for hydroxylation is 1. The Morgan fingerprint density at radius 2 is 1.76 bits per heavy atom. The van der Waals surface area contributed by atoms with Gasteiger partial charge in [-0.2, -0.15) is 10.2 Å². The number of rotatable bonds is 10. The minimum Gasteiger partial charge on any atom is -0.495 e. The van der Waals surface area contributed by atoms with Crippen LogP contribution in [-0.2, 0) is 17.1 Å². The first kappa shape index (κ1) is 26.5. The molecule has 0 bridgehead atoms. The summed E-state index contributed by atoms with van der Waals surface area (Å²) < 4.78 is 53.5. The summed E-state index contributed by atoms with van der Waals surface area (Å²) in [4.78, 5) is -0.192. The first-order valence-corrected chi connectivity index (χ1v) is 14.3. The van der Waals surface area contributed by atoms with Gasteiger partial charge in [-0.1, -0.05) is 12.1 Å². The molecular weight excluding hydrogens is 550 g/mol. The number of hydrogen-bond acceptors (Lipinski definition) is 10. The van der Waals surface area contributed by atoms with Crippen molar-refractivity contribution in [1.82, 2.24) is 25.1 Å². The van der Waals surface area contributed by atoms with Crippen molar-refractivity contribution >= 4 is 38.3 Å². The molecule has 0 aliphatic heterocycles. The van der Waals surface area contributed by atoms with E-state index in [-0.39, 0.29) is 22.2 Å². The summed E-state index contributed by atoms with van der Waals surface area (Å²) >= 11 is 0. The van der Waals surface area contributed by atoms with Gasteiger partial charge in [0.05, 0.1) is 38.1 Å². The average Bonchev–Trinajstić information content (AvgIpc) is 3.30. The summed E-state index contributed by atoms with van der Waals surface area (Å²) in [6.07, 6.45) is 2.92. The third-order valence-corrected chi connectivity index (χ3v) is 8.53. The lowest BCUT2D eigenvalue weighted by Gasteiger charge is -2.15. The fourth-order valence-electron chi connectivity index (χ4n) is 4.83. The Morgan fingerprint density at radius 3 is 2.37 bits per heavy atom. The molecule has 6 rings (SSSR count). The maximum atomic E-state index is 13.7. The van der Waals surface area contributed by atoms with Gasteiger partial charge in [-0.3, -0.25) is 14.5 Å². The lowest BCUT2D eigenvalue weighted by molar-refractivity contribution is 0.374. The molecule has 14 heteroatoms. The molecule has 3 heterocycles. The van der Waals surface area contributed by atoms with Gasteiger partial charge in [-0.15, -0.1) is 0 Å². The largest absolute Gasteiger partial charge is 0.495 e. The van der Waals surface area contributed by atoms with Gasteiger partial charge in [0.1, 0.15) is 17.2 Å². The molecular formula is C27H29N7O6S. The molecule has 1 aliphatic rings. The minimum atomic E-state index is -4.25. The van der Waals surface area contributed by atoms with E-state index < -0.39 is 10.0 Å². The first-order chi connectivity index (χ1) is 19.7. The van der Waals surface area contributed by atoms with Crippen LogP contribution in [0.25, 0.3) is 22.2 Å². The van der Waals surface area contributed by atoms with Crippen molar-refractivity contribution in [2.75, 3.05) is 31.4 Å². The molecule has 0 saturated heterocycles. The molecule has 0 spiro atoms. The fourth-order valence-corrected chi connectivity index (χ4v) is 6.15. The molecule has 1 fully saturated rings. The van der Waals surface area contributed by atoms with Gasteiger partial charge in [0.2, 0.25) is 0 Å². The van der Waals surface area contributed by atoms with Crippen LogP contribution in [0.1, 0.15) is 25.0 Å². The van der Waals surface area contributed by atoms with Gasteiger partial charge in [0.15, 0.2) is 22.1 Å². The number of benzene rings is 2. The number of ether oxygens (including phenoxy) is 3. The van der Waals surface area contributed by atoms with Gasteiger partial charge < -0.3 is 24.1 Å². The quantitative estimate of drug-likeness (QED) is 0.213. The summed E-state index contributed by atoms with van der Waals surface area (Å²) in [5.41, 5.74) is 3.26. The molecule has 0 unspecified atom stereocenters. The highest BCUT2D eigenvalue weighted by molar-refractivity contribution is 7.93. The number of sulfonamides is 1. The van der Waals surface area contributed by atoms with E-state index in [4.69, 9.17) is 18.7 Å². The summed E-state index contributed by atoms with van der Waals surface area (Å²) in [6, 6.07) is 10.3. The number of methoxy groups -OCH3 is 3. The van der Waals surface area contributed by atoms with Crippen LogP contribution in [-0.4, -0.2) is 54.9 Å². The van der Waals surface area contributed by atoms with Crippen molar-refractivity contribution in [2.45, 2.75) is 24.2 Å². The number of nitrogens with one attached hydrogen (secondary N) is 3. The van der Waals surface area contributed by atoms with Gasteiger partial charge in [0.25, 0.3) is 10.0 Å². The summed E-state index contributed by atoms with van der Waals surface area (Å²) in [7, 11) is 1.82. The highest BCUT2D eigenvalue weighted by Crippen LogP contribution is 2.47. The fraction of sp³-hybridized carbons (Fsp3) is 0.296. The standard InChI is InChI=1S/C27H29N7O6S/c1-14-8-16(14)19-13-25(30-29-19)28-20-12-21-17(11-22(20)37-3)27(32-40-21)33-41(35,36)26-23(38-4)9-15(10-24(26)39-5)18-6-7-34(2)31-18/h6-7,9-14,16H,8H2,1-5H3,(H,32,33)(H2,28,29,30)/t14-,16-/m1/s1. The van der Waals surface area contributed by atoms with E-state index in [1.54, 1.807) is 48.3 Å². The smallest absolute Gasteiger partial charge is 0.270 e. The molecule has 2 atom stereocenters. The number of fused-ring (bicyclic) bond motifs is 1. The molecule has 3 N–H and O–H groups in total. The highest BCUT2D eigenvalue weighted by Gasteiger charge is 2.35. The predicted octanol–water partition coefficient (Wildman–Crippen LogP) is 4.65. The van der Waals surface area contributed by atoms with Crippen molar-refractivity contribution in [3.63, 3.8) is 0 Å². The Bertz CT molecular complexity index is 1830. The molecule has 2 aromatic carbocycles. The number of H-pyrrole nitrogens is 1. The molecule has 5 aromatic rings. The van der Waals surface area contributed by atoms with E-state index in [0.717, 1.165) is 12.1 Å². The van der Waals surface area contributed by atoms with Crippen LogP contribution < -0.4 is 24.2 Å². The zero-order valence-electron chi connectivity index (χ0n) is 23.0. The van der Waals surface area contributed by atoms with Crippen LogP contribution >= 0.6 is 0 Å². The van der Waals surface area contributed by atoms with Crippen LogP contribution in [0.5, 0.6) is 17.2 Å². The minimum absolute atomic E-state index is 0.0208.